The van der Waals surface area contributed by atoms with Crippen molar-refractivity contribution in [1.82, 2.24) is 0 Å². The van der Waals surface area contributed by atoms with Crippen LogP contribution in [0, 0.1) is 0 Å². The molecule has 21 heavy (non-hydrogen) atoms. The van der Waals surface area contributed by atoms with Crippen LogP contribution in [0.4, 0.5) is 14.5 Å². The topological polar surface area (TPSA) is 49.3 Å². The Kier molecular flexibility index (Phi) is 4.95. The molecule has 0 aliphatic carbocycles. The molecule has 0 heterocycles. The van der Waals surface area contributed by atoms with Crippen LogP contribution in [0.5, 0.6) is 5.75 Å². The number of rotatable bonds is 3. The molecule has 0 aliphatic heterocycles. The number of phenolic OH excluding ortho intramolecular Hbond substituents is 1. The Bertz CT molecular complexity index is 693. The molecule has 7 heteroatoms. The predicted molar refractivity (Wildman–Crippen MR) is 82.9 cm³/mol. The number of anilines is 1. The van der Waals surface area contributed by atoms with E-state index in [-0.39, 0.29) is 22.6 Å². The molecule has 0 bridgehead atoms. The van der Waals surface area contributed by atoms with Crippen LogP contribution in [-0.2, 0) is 0 Å². The second-order valence-corrected chi connectivity index (χ2v) is 5.93. The summed E-state index contributed by atoms with van der Waals surface area (Å²) in [7, 11) is 0. The third-order valence-corrected chi connectivity index (χ3v) is 3.73. The lowest BCUT2D eigenvalue weighted by atomic mass is 10.1. The molecule has 2 N–H and O–H groups in total. The summed E-state index contributed by atoms with van der Waals surface area (Å²) in [5, 5.41) is 12.3. The van der Waals surface area contributed by atoms with E-state index < -0.39 is 12.3 Å². The van der Waals surface area contributed by atoms with Gasteiger partial charge in [0.25, 0.3) is 12.3 Å². The smallest absolute Gasteiger partial charge is 0.263 e. The van der Waals surface area contributed by atoms with Gasteiger partial charge in [-0.05, 0) is 40.2 Å². The fourth-order valence-electron chi connectivity index (χ4n) is 1.69. The number of carbonyl (C=O) groups excluding carboxylic acids is 1. The Morgan fingerprint density at radius 2 is 1.90 bits per heavy atom. The lowest BCUT2D eigenvalue weighted by Gasteiger charge is -2.10. The minimum Gasteiger partial charge on any atom is -0.506 e. The van der Waals surface area contributed by atoms with Crippen molar-refractivity contribution >= 4 is 43.5 Å². The number of halogens is 4. The van der Waals surface area contributed by atoms with Crippen LogP contribution >= 0.6 is 31.9 Å². The van der Waals surface area contributed by atoms with Gasteiger partial charge in [-0.25, -0.2) is 8.78 Å². The first kappa shape index (κ1) is 15.9. The fraction of sp³-hybridized carbons (Fsp3) is 0.0714. The van der Waals surface area contributed by atoms with Crippen molar-refractivity contribution in [3.8, 4) is 5.75 Å². The molecule has 2 aromatic rings. The molecule has 0 spiro atoms. The van der Waals surface area contributed by atoms with Crippen molar-refractivity contribution in [2.45, 2.75) is 6.43 Å². The van der Waals surface area contributed by atoms with Gasteiger partial charge in [0.15, 0.2) is 0 Å². The summed E-state index contributed by atoms with van der Waals surface area (Å²) in [6.07, 6.45) is -2.62. The van der Waals surface area contributed by atoms with Crippen molar-refractivity contribution < 1.29 is 18.7 Å². The maximum Gasteiger partial charge on any atom is 0.263 e. The summed E-state index contributed by atoms with van der Waals surface area (Å²) < 4.78 is 26.2. The molecule has 0 saturated carbocycles. The van der Waals surface area contributed by atoms with Crippen LogP contribution in [0.1, 0.15) is 22.3 Å². The van der Waals surface area contributed by atoms with Gasteiger partial charge in [-0.2, -0.15) is 0 Å². The number of nitrogens with one attached hydrogen (secondary N) is 1. The van der Waals surface area contributed by atoms with Crippen LogP contribution < -0.4 is 5.32 Å². The lowest BCUT2D eigenvalue weighted by Crippen LogP contribution is -2.12. The highest BCUT2D eigenvalue weighted by atomic mass is 79.9. The van der Waals surface area contributed by atoms with Crippen LogP contribution in [0.25, 0.3) is 0 Å². The number of amides is 1. The van der Waals surface area contributed by atoms with E-state index in [9.17, 15) is 18.7 Å². The molecule has 0 radical (unpaired) electrons. The quantitative estimate of drug-likeness (QED) is 0.725. The SMILES string of the molecule is O=C(Nc1cccc(C(F)F)c1)c1cc(Br)cc(Br)c1O. The number of phenols is 1. The summed E-state index contributed by atoms with van der Waals surface area (Å²) in [4.78, 5) is 12.1. The molecule has 110 valence electrons. The number of carbonyl (C=O) groups is 1. The average Bonchev–Trinajstić information content (AvgIpc) is 2.43. The van der Waals surface area contributed by atoms with Gasteiger partial charge in [-0.15, -0.1) is 0 Å². The monoisotopic (exact) mass is 419 g/mol. The van der Waals surface area contributed by atoms with E-state index in [0.29, 0.717) is 8.95 Å². The fourth-order valence-corrected chi connectivity index (χ4v) is 2.91. The first-order valence-electron chi connectivity index (χ1n) is 5.76. The molecule has 0 aromatic heterocycles. The molecule has 2 rings (SSSR count). The molecule has 2 aromatic carbocycles. The predicted octanol–water partition coefficient (Wildman–Crippen LogP) is 5.11. The standard InChI is InChI=1S/C14H9Br2F2NO2/c15-8-5-10(12(20)11(16)6-8)14(21)19-9-3-1-2-7(4-9)13(17)18/h1-6,13,20H,(H,19,21). The first-order valence-corrected chi connectivity index (χ1v) is 7.34. The van der Waals surface area contributed by atoms with Crippen molar-refractivity contribution in [3.63, 3.8) is 0 Å². The van der Waals surface area contributed by atoms with E-state index in [0.717, 1.165) is 0 Å². The van der Waals surface area contributed by atoms with Crippen LogP contribution in [0.15, 0.2) is 45.3 Å². The van der Waals surface area contributed by atoms with E-state index in [4.69, 9.17) is 0 Å². The Balaban J connectivity index is 2.28. The van der Waals surface area contributed by atoms with Gasteiger partial charge in [0, 0.05) is 15.7 Å². The second-order valence-electron chi connectivity index (χ2n) is 4.16. The van der Waals surface area contributed by atoms with Gasteiger partial charge in [0.1, 0.15) is 5.75 Å². The van der Waals surface area contributed by atoms with E-state index in [1.165, 1.54) is 30.3 Å². The van der Waals surface area contributed by atoms with E-state index >= 15 is 0 Å². The first-order chi connectivity index (χ1) is 9.88. The number of alkyl halides is 2. The summed E-state index contributed by atoms with van der Waals surface area (Å²) >= 11 is 6.33. The molecular formula is C14H9Br2F2NO2. The number of benzene rings is 2. The Hall–Kier alpha value is -1.47. The van der Waals surface area contributed by atoms with Gasteiger partial charge in [0.2, 0.25) is 0 Å². The third-order valence-electron chi connectivity index (χ3n) is 2.67. The van der Waals surface area contributed by atoms with Gasteiger partial charge in [-0.1, -0.05) is 28.1 Å². The molecule has 0 atom stereocenters. The van der Waals surface area contributed by atoms with E-state index in [1.807, 2.05) is 0 Å². The van der Waals surface area contributed by atoms with Crippen molar-refractivity contribution in [2.75, 3.05) is 5.32 Å². The zero-order valence-corrected chi connectivity index (χ0v) is 13.6. The molecular weight excluding hydrogens is 412 g/mol. The number of hydrogen-bond donors (Lipinski definition) is 2. The van der Waals surface area contributed by atoms with Gasteiger partial charge in [-0.3, -0.25) is 4.79 Å². The summed E-state index contributed by atoms with van der Waals surface area (Å²) in [5.41, 5.74) is 0.0689. The van der Waals surface area contributed by atoms with Crippen LogP contribution in [0.3, 0.4) is 0 Å². The molecule has 3 nitrogen and oxygen atoms in total. The van der Waals surface area contributed by atoms with E-state index in [2.05, 4.69) is 37.2 Å². The summed E-state index contributed by atoms with van der Waals surface area (Å²) in [6.45, 7) is 0. The lowest BCUT2D eigenvalue weighted by molar-refractivity contribution is 0.102. The zero-order chi connectivity index (χ0) is 15.6. The highest BCUT2D eigenvalue weighted by Gasteiger charge is 2.16. The zero-order valence-electron chi connectivity index (χ0n) is 10.4. The van der Waals surface area contributed by atoms with Crippen molar-refractivity contribution in [2.24, 2.45) is 0 Å². The highest BCUT2D eigenvalue weighted by Crippen LogP contribution is 2.32. The molecule has 0 unspecified atom stereocenters. The minimum atomic E-state index is -2.62. The number of hydrogen-bond acceptors (Lipinski definition) is 2. The Morgan fingerprint density at radius 3 is 2.57 bits per heavy atom. The van der Waals surface area contributed by atoms with Gasteiger partial charge >= 0.3 is 0 Å². The summed E-state index contributed by atoms with van der Waals surface area (Å²) in [6, 6.07) is 8.40. The second kappa shape index (κ2) is 6.53. The Labute approximate surface area is 136 Å². The highest BCUT2D eigenvalue weighted by molar-refractivity contribution is 9.11. The van der Waals surface area contributed by atoms with Crippen molar-refractivity contribution in [3.05, 3.63) is 56.5 Å². The van der Waals surface area contributed by atoms with Crippen LogP contribution in [0.2, 0.25) is 0 Å². The maximum absolute atomic E-state index is 12.6. The minimum absolute atomic E-state index is 0.0266. The summed E-state index contributed by atoms with van der Waals surface area (Å²) in [5.74, 6) is -0.818. The molecule has 0 aliphatic rings. The normalized spacial score (nSPS) is 10.7. The third kappa shape index (κ3) is 3.79. The Morgan fingerprint density at radius 1 is 1.19 bits per heavy atom. The molecule has 0 saturated heterocycles. The largest absolute Gasteiger partial charge is 0.506 e. The number of aromatic hydroxyl groups is 1. The molecule has 1 amide bonds. The average molecular weight is 421 g/mol. The van der Waals surface area contributed by atoms with Gasteiger partial charge < -0.3 is 10.4 Å². The van der Waals surface area contributed by atoms with Crippen molar-refractivity contribution in [1.29, 1.82) is 0 Å². The van der Waals surface area contributed by atoms with Gasteiger partial charge in [0.05, 0.1) is 10.0 Å². The maximum atomic E-state index is 12.6. The van der Waals surface area contributed by atoms with Crippen LogP contribution in [-0.4, -0.2) is 11.0 Å². The van der Waals surface area contributed by atoms with E-state index in [1.54, 1.807) is 6.07 Å². The molecule has 0 fully saturated rings.